The molecule has 2 aromatic rings. The van der Waals surface area contributed by atoms with Gasteiger partial charge in [0.05, 0.1) is 17.5 Å². The quantitative estimate of drug-likeness (QED) is 0.330. The molecule has 2 bridgehead atoms. The third-order valence-corrected chi connectivity index (χ3v) is 15.9. The van der Waals surface area contributed by atoms with Gasteiger partial charge >= 0.3 is 0 Å². The van der Waals surface area contributed by atoms with Crippen molar-refractivity contribution in [3.8, 4) is 5.75 Å². The fraction of sp³-hybridized carbons (Fsp3) is 0.651. The minimum absolute atomic E-state index is 0.221. The zero-order valence-corrected chi connectivity index (χ0v) is 34.9. The SMILES string of the molecule is CO[C@]1(CN2C[C@@H](C)N(C(C)C)[C@@H](C)C2)/C=C/C[C@H](C)[C@@H](C)S(=O)(=O)NC(=O)c2ccc3c(c2)N(C[C@@H]2CC[C@H]21)C[C@@]1(CCCc2cc(Cl)ccc21)CO3. The van der Waals surface area contributed by atoms with Crippen molar-refractivity contribution in [2.45, 2.75) is 114 Å². The van der Waals surface area contributed by atoms with E-state index in [9.17, 15) is 13.2 Å². The number of anilines is 1. The van der Waals surface area contributed by atoms with E-state index in [1.165, 1.54) is 11.1 Å². The van der Waals surface area contributed by atoms with Crippen LogP contribution in [0.15, 0.2) is 48.6 Å². The summed E-state index contributed by atoms with van der Waals surface area (Å²) in [5, 5.41) is -0.0303. The number of methoxy groups -OCH3 is 1. The number of fused-ring (bicyclic) bond motifs is 4. The number of hydrogen-bond donors (Lipinski definition) is 1. The van der Waals surface area contributed by atoms with E-state index in [0.29, 0.717) is 42.6 Å². The number of halogens is 1. The van der Waals surface area contributed by atoms with Crippen LogP contribution in [0.25, 0.3) is 0 Å². The number of nitrogens with one attached hydrogen (secondary N) is 1. The molecule has 3 heterocycles. The van der Waals surface area contributed by atoms with Crippen molar-refractivity contribution in [2.24, 2.45) is 17.8 Å². The fourth-order valence-electron chi connectivity index (χ4n) is 10.7. The number of carbonyl (C=O) groups is 1. The molecule has 1 spiro atoms. The number of aryl methyl sites for hydroxylation is 1. The predicted octanol–water partition coefficient (Wildman–Crippen LogP) is 7.07. The number of carbonyl (C=O) groups excluding carboxylic acids is 1. The smallest absolute Gasteiger partial charge is 0.264 e. The maximum Gasteiger partial charge on any atom is 0.264 e. The van der Waals surface area contributed by atoms with Gasteiger partial charge in [0.1, 0.15) is 11.4 Å². The summed E-state index contributed by atoms with van der Waals surface area (Å²) in [6, 6.07) is 13.0. The van der Waals surface area contributed by atoms with Crippen molar-refractivity contribution >= 4 is 33.2 Å². The lowest BCUT2D eigenvalue weighted by Crippen LogP contribution is -2.63. The molecule has 2 aromatic carbocycles. The Morgan fingerprint density at radius 2 is 1.80 bits per heavy atom. The molecular formula is C43H61ClN4O5S. The molecule has 2 aliphatic carbocycles. The van der Waals surface area contributed by atoms with Gasteiger partial charge in [0.2, 0.25) is 10.0 Å². The Morgan fingerprint density at radius 1 is 1.04 bits per heavy atom. The summed E-state index contributed by atoms with van der Waals surface area (Å²) >= 11 is 6.52. The summed E-state index contributed by atoms with van der Waals surface area (Å²) in [5.41, 5.74) is 2.89. The van der Waals surface area contributed by atoms with Crippen molar-refractivity contribution in [3.05, 3.63) is 70.3 Å². The molecule has 1 N–H and O–H groups in total. The standard InChI is InChI=1S/C43H61ClN4O5S/c1-28(2)48-30(4)22-46(23-31(48)5)26-43(52-7)19-8-10-29(3)32(6)54(50,51)45-41(49)34-13-17-40-39(21-34)47(24-35-12-15-38(35)43)25-42(27-53-40)18-9-11-33-20-36(44)14-16-37(33)42/h8,13-14,16-17,19-21,28-32,35,38H,9-12,15,18,22-27H2,1-7H3,(H,45,49)/b19-8+/t29-,30-,31+,32+,35-,38+,42-,43-/m0/s1. The van der Waals surface area contributed by atoms with Gasteiger partial charge in [-0.25, -0.2) is 13.1 Å². The second-order valence-electron chi connectivity index (χ2n) is 17.6. The third-order valence-electron chi connectivity index (χ3n) is 13.7. The van der Waals surface area contributed by atoms with Crippen LogP contribution in [0.1, 0.15) is 95.1 Å². The summed E-state index contributed by atoms with van der Waals surface area (Å²) in [6.45, 7) is 17.6. The highest BCUT2D eigenvalue weighted by molar-refractivity contribution is 7.90. The second kappa shape index (κ2) is 15.4. The summed E-state index contributed by atoms with van der Waals surface area (Å²) in [4.78, 5) is 21.4. The monoisotopic (exact) mass is 780 g/mol. The molecule has 0 aromatic heterocycles. The molecule has 5 aliphatic rings. The molecule has 1 amide bonds. The number of nitrogens with zero attached hydrogens (tertiary/aromatic N) is 3. The van der Waals surface area contributed by atoms with Crippen LogP contribution in [0.3, 0.4) is 0 Å². The van der Waals surface area contributed by atoms with E-state index in [4.69, 9.17) is 21.1 Å². The zero-order valence-electron chi connectivity index (χ0n) is 33.3. The maximum atomic E-state index is 13.7. The average Bonchev–Trinajstić information content (AvgIpc) is 3.25. The lowest BCUT2D eigenvalue weighted by Gasteiger charge is -2.54. The van der Waals surface area contributed by atoms with Gasteiger partial charge in [0.25, 0.3) is 5.91 Å². The highest BCUT2D eigenvalue weighted by Gasteiger charge is 2.50. The van der Waals surface area contributed by atoms with E-state index >= 15 is 0 Å². The van der Waals surface area contributed by atoms with E-state index in [0.717, 1.165) is 81.3 Å². The number of allylic oxidation sites excluding steroid dienone is 1. The van der Waals surface area contributed by atoms with Crippen LogP contribution in [-0.4, -0.2) is 99.5 Å². The summed E-state index contributed by atoms with van der Waals surface area (Å²) in [6.07, 6.45) is 10.1. The van der Waals surface area contributed by atoms with Crippen LogP contribution in [0, 0.1) is 17.8 Å². The Hall–Kier alpha value is -2.63. The van der Waals surface area contributed by atoms with Gasteiger partial charge in [-0.05, 0) is 132 Å². The summed E-state index contributed by atoms with van der Waals surface area (Å²) < 4.78 is 43.2. The molecular weight excluding hydrogens is 720 g/mol. The number of amides is 1. The minimum atomic E-state index is -3.96. The molecule has 7 rings (SSSR count). The number of sulfonamides is 1. The van der Waals surface area contributed by atoms with Gasteiger partial charge in [-0.2, -0.15) is 0 Å². The van der Waals surface area contributed by atoms with Crippen molar-refractivity contribution in [3.63, 3.8) is 0 Å². The first-order valence-corrected chi connectivity index (χ1v) is 22.2. The molecule has 1 saturated carbocycles. The van der Waals surface area contributed by atoms with Crippen LogP contribution in [0.5, 0.6) is 5.75 Å². The van der Waals surface area contributed by atoms with Crippen LogP contribution >= 0.6 is 11.6 Å². The number of rotatable bonds is 4. The van der Waals surface area contributed by atoms with Crippen LogP contribution < -0.4 is 14.4 Å². The van der Waals surface area contributed by atoms with E-state index in [2.05, 4.69) is 71.4 Å². The van der Waals surface area contributed by atoms with Gasteiger partial charge in [-0.15, -0.1) is 0 Å². The molecule has 54 heavy (non-hydrogen) atoms. The van der Waals surface area contributed by atoms with Gasteiger partial charge in [0, 0.05) is 74.0 Å². The molecule has 2 fully saturated rings. The van der Waals surface area contributed by atoms with E-state index < -0.39 is 26.8 Å². The highest BCUT2D eigenvalue weighted by atomic mass is 35.5. The molecule has 296 valence electrons. The topological polar surface area (TPSA) is 91.4 Å². The Kier molecular flexibility index (Phi) is 11.3. The molecule has 0 unspecified atom stereocenters. The number of benzene rings is 2. The van der Waals surface area contributed by atoms with Crippen molar-refractivity contribution < 1.29 is 22.7 Å². The molecule has 3 aliphatic heterocycles. The van der Waals surface area contributed by atoms with Gasteiger partial charge < -0.3 is 14.4 Å². The second-order valence-corrected chi connectivity index (χ2v) is 20.1. The lowest BCUT2D eigenvalue weighted by molar-refractivity contribution is -0.104. The molecule has 0 radical (unpaired) electrons. The Morgan fingerprint density at radius 3 is 2.48 bits per heavy atom. The number of ether oxygens (including phenoxy) is 2. The van der Waals surface area contributed by atoms with Gasteiger partial charge in [-0.1, -0.05) is 36.7 Å². The van der Waals surface area contributed by atoms with Crippen molar-refractivity contribution in [1.29, 1.82) is 0 Å². The fourth-order valence-corrected chi connectivity index (χ4v) is 12.2. The minimum Gasteiger partial charge on any atom is -0.490 e. The third kappa shape index (κ3) is 7.47. The van der Waals surface area contributed by atoms with Crippen LogP contribution in [0.2, 0.25) is 5.02 Å². The van der Waals surface area contributed by atoms with Crippen molar-refractivity contribution in [1.82, 2.24) is 14.5 Å². The first-order valence-electron chi connectivity index (χ1n) is 20.2. The number of hydrogen-bond acceptors (Lipinski definition) is 8. The molecule has 1 saturated heterocycles. The molecule has 8 atom stereocenters. The van der Waals surface area contributed by atoms with Crippen LogP contribution in [-0.2, 0) is 26.6 Å². The van der Waals surface area contributed by atoms with Crippen LogP contribution in [0.4, 0.5) is 5.69 Å². The Bertz CT molecular complexity index is 1840. The average molecular weight is 782 g/mol. The van der Waals surface area contributed by atoms with E-state index in [1.54, 1.807) is 13.0 Å². The Balaban J connectivity index is 1.30. The maximum absolute atomic E-state index is 13.7. The largest absolute Gasteiger partial charge is 0.490 e. The Labute approximate surface area is 328 Å². The predicted molar refractivity (Wildman–Crippen MR) is 217 cm³/mol. The first kappa shape index (κ1) is 39.6. The number of piperazine rings is 1. The molecule has 11 heteroatoms. The normalized spacial score (nSPS) is 35.3. The van der Waals surface area contributed by atoms with E-state index in [-0.39, 0.29) is 17.3 Å². The molecule has 9 nitrogen and oxygen atoms in total. The first-order chi connectivity index (χ1) is 25.6. The van der Waals surface area contributed by atoms with Crippen molar-refractivity contribution in [2.75, 3.05) is 51.3 Å². The van der Waals surface area contributed by atoms with E-state index in [1.807, 2.05) is 32.2 Å². The van der Waals surface area contributed by atoms with Gasteiger partial charge in [0.15, 0.2) is 0 Å². The zero-order chi connectivity index (χ0) is 38.6. The summed E-state index contributed by atoms with van der Waals surface area (Å²) in [5.74, 6) is 0.470. The summed E-state index contributed by atoms with van der Waals surface area (Å²) in [7, 11) is -2.10. The lowest BCUT2D eigenvalue weighted by atomic mass is 9.63. The highest BCUT2D eigenvalue weighted by Crippen LogP contribution is 2.49. The van der Waals surface area contributed by atoms with Gasteiger partial charge in [-0.3, -0.25) is 14.6 Å².